The average molecular weight is 353 g/mol. The van der Waals surface area contributed by atoms with Gasteiger partial charge < -0.3 is 14.4 Å². The van der Waals surface area contributed by atoms with Crippen molar-refractivity contribution >= 4 is 5.69 Å². The summed E-state index contributed by atoms with van der Waals surface area (Å²) in [4.78, 5) is 2.06. The van der Waals surface area contributed by atoms with Crippen molar-refractivity contribution < 1.29 is 78.4 Å². The minimum atomic E-state index is -0.125. The third-order valence-electron chi connectivity index (χ3n) is 2.65. The van der Waals surface area contributed by atoms with E-state index in [9.17, 15) is 0 Å². The van der Waals surface area contributed by atoms with Crippen molar-refractivity contribution in [2.24, 2.45) is 5.92 Å². The van der Waals surface area contributed by atoms with Crippen molar-refractivity contribution in [3.63, 3.8) is 0 Å². The number of anilines is 1. The summed E-state index contributed by atoms with van der Waals surface area (Å²) >= 11 is 0. The Balaban J connectivity index is 0.00000144. The summed E-state index contributed by atoms with van der Waals surface area (Å²) in [5, 5.41) is 0. The molecule has 2 atom stereocenters. The van der Waals surface area contributed by atoms with Crippen molar-refractivity contribution in [3.05, 3.63) is 30.9 Å². The first-order valence-electron chi connectivity index (χ1n) is 5.58. The normalized spacial score (nSPS) is 23.0. The molecule has 0 N–H and O–H groups in total. The van der Waals surface area contributed by atoms with Gasteiger partial charge in [0, 0.05) is 19.8 Å². The van der Waals surface area contributed by atoms with Crippen LogP contribution in [-0.2, 0) is 4.74 Å². The van der Waals surface area contributed by atoms with Crippen molar-refractivity contribution in [1.82, 2.24) is 0 Å². The molecule has 1 heterocycles. The summed E-state index contributed by atoms with van der Waals surface area (Å²) in [5.74, 6) is 1.34. The molecule has 4 heteroatoms. The first kappa shape index (κ1) is 15.9. The fourth-order valence-electron chi connectivity index (χ4n) is 1.69. The Hall–Kier alpha value is 0.832. The molecular weight excluding hydrogens is 335 g/mol. The number of hydrogen-bond donors (Lipinski definition) is 0. The SMILES string of the molecule is C[C@H]1[CH-]OC(Oc2ccc(N(C)C)cc2)C1.[Cs+]. The zero-order valence-corrected chi connectivity index (χ0v) is 17.3. The van der Waals surface area contributed by atoms with E-state index in [-0.39, 0.29) is 75.2 Å². The van der Waals surface area contributed by atoms with Gasteiger partial charge in [-0.1, -0.05) is 6.92 Å². The van der Waals surface area contributed by atoms with Gasteiger partial charge >= 0.3 is 68.9 Å². The van der Waals surface area contributed by atoms with Crippen LogP contribution >= 0.6 is 0 Å². The molecular formula is C13H18CsNO2. The van der Waals surface area contributed by atoms with Crippen LogP contribution < -0.4 is 78.5 Å². The maximum atomic E-state index is 5.71. The predicted octanol–water partition coefficient (Wildman–Crippen LogP) is -0.320. The number of ether oxygens (including phenoxy) is 2. The Morgan fingerprint density at radius 3 is 2.41 bits per heavy atom. The number of hydrogen-bond acceptors (Lipinski definition) is 3. The van der Waals surface area contributed by atoms with E-state index in [2.05, 4.69) is 11.8 Å². The molecule has 1 fully saturated rings. The van der Waals surface area contributed by atoms with E-state index < -0.39 is 0 Å². The monoisotopic (exact) mass is 353 g/mol. The van der Waals surface area contributed by atoms with Gasteiger partial charge in [-0.3, -0.25) is 0 Å². The third kappa shape index (κ3) is 4.78. The molecule has 0 spiro atoms. The van der Waals surface area contributed by atoms with Crippen molar-refractivity contribution in [3.8, 4) is 5.75 Å². The molecule has 0 saturated carbocycles. The Morgan fingerprint density at radius 1 is 1.29 bits per heavy atom. The molecule has 1 aliphatic rings. The topological polar surface area (TPSA) is 21.7 Å². The molecule has 0 radical (unpaired) electrons. The number of benzene rings is 1. The number of nitrogens with zero attached hydrogens (tertiary/aromatic N) is 1. The van der Waals surface area contributed by atoms with Gasteiger partial charge in [-0.25, -0.2) is 6.61 Å². The van der Waals surface area contributed by atoms with Crippen molar-refractivity contribution in [2.45, 2.75) is 19.6 Å². The smallest absolute Gasteiger partial charge is 0.520 e. The first-order valence-corrected chi connectivity index (χ1v) is 5.58. The molecule has 1 unspecified atom stereocenters. The Kier molecular flexibility index (Phi) is 6.94. The summed E-state index contributed by atoms with van der Waals surface area (Å²) in [7, 11) is 4.04. The van der Waals surface area contributed by atoms with Crippen LogP contribution in [0.25, 0.3) is 0 Å². The minimum Gasteiger partial charge on any atom is -0.520 e. The minimum absolute atomic E-state index is 0. The summed E-state index contributed by atoms with van der Waals surface area (Å²) in [5.41, 5.74) is 1.17. The van der Waals surface area contributed by atoms with Gasteiger partial charge in [0.1, 0.15) is 5.75 Å². The van der Waals surface area contributed by atoms with Gasteiger partial charge in [-0.2, -0.15) is 0 Å². The van der Waals surface area contributed by atoms with Gasteiger partial charge in [0.25, 0.3) is 0 Å². The largest absolute Gasteiger partial charge is 1.00 e. The number of rotatable bonds is 3. The molecule has 17 heavy (non-hydrogen) atoms. The summed E-state index contributed by atoms with van der Waals surface area (Å²) in [6.45, 7) is 3.97. The Labute approximate surface area is 162 Å². The van der Waals surface area contributed by atoms with Gasteiger partial charge in [-0.15, -0.1) is 5.92 Å². The molecule has 0 aromatic heterocycles. The quantitative estimate of drug-likeness (QED) is 0.696. The second kappa shape index (κ2) is 7.43. The molecule has 88 valence electrons. The van der Waals surface area contributed by atoms with Gasteiger partial charge in [0.2, 0.25) is 0 Å². The van der Waals surface area contributed by atoms with Crippen LogP contribution in [0.4, 0.5) is 5.69 Å². The van der Waals surface area contributed by atoms with Crippen LogP contribution in [0.3, 0.4) is 0 Å². The van der Waals surface area contributed by atoms with E-state index in [0.717, 1.165) is 12.2 Å². The van der Waals surface area contributed by atoms with E-state index in [0.29, 0.717) is 5.92 Å². The molecule has 0 aliphatic carbocycles. The fraction of sp³-hybridized carbons (Fsp3) is 0.462. The molecule has 1 aliphatic heterocycles. The molecule has 2 rings (SSSR count). The van der Waals surface area contributed by atoms with E-state index >= 15 is 0 Å². The van der Waals surface area contributed by atoms with Crippen LogP contribution in [0.15, 0.2) is 24.3 Å². The van der Waals surface area contributed by atoms with E-state index in [1.807, 2.05) is 45.0 Å². The van der Waals surface area contributed by atoms with Crippen molar-refractivity contribution in [1.29, 1.82) is 0 Å². The molecule has 1 saturated heterocycles. The van der Waals surface area contributed by atoms with E-state index in [1.54, 1.807) is 0 Å². The second-order valence-corrected chi connectivity index (χ2v) is 4.42. The molecule has 0 bridgehead atoms. The Bertz CT molecular complexity index is 340. The van der Waals surface area contributed by atoms with E-state index in [1.165, 1.54) is 5.69 Å². The maximum absolute atomic E-state index is 5.71. The zero-order valence-electron chi connectivity index (χ0n) is 11.0. The predicted molar refractivity (Wildman–Crippen MR) is 64.4 cm³/mol. The van der Waals surface area contributed by atoms with Crippen LogP contribution in [0.2, 0.25) is 0 Å². The summed E-state index contributed by atoms with van der Waals surface area (Å²) in [6.07, 6.45) is 0.801. The van der Waals surface area contributed by atoms with Crippen LogP contribution in [0, 0.1) is 12.5 Å². The molecule has 1 aromatic rings. The summed E-state index contributed by atoms with van der Waals surface area (Å²) < 4.78 is 11.1. The van der Waals surface area contributed by atoms with Crippen molar-refractivity contribution in [2.75, 3.05) is 19.0 Å². The molecule has 1 aromatic carbocycles. The van der Waals surface area contributed by atoms with Gasteiger partial charge in [0.15, 0.2) is 6.29 Å². The average Bonchev–Trinajstić information content (AvgIpc) is 2.65. The maximum Gasteiger partial charge on any atom is 1.00 e. The van der Waals surface area contributed by atoms with Gasteiger partial charge in [-0.05, 0) is 30.7 Å². The second-order valence-electron chi connectivity index (χ2n) is 4.42. The standard InChI is InChI=1S/C13H18NO2.Cs/c1-10-8-13(15-9-10)16-12-6-4-11(5-7-12)14(2)3;/h4-7,9-10,13H,8H2,1-3H3;/q-1;+1/t10-,13?;/m1./s1. The molecule has 0 amide bonds. The molecule has 3 nitrogen and oxygen atoms in total. The van der Waals surface area contributed by atoms with Crippen LogP contribution in [0.5, 0.6) is 5.75 Å². The third-order valence-corrected chi connectivity index (χ3v) is 2.65. The zero-order chi connectivity index (χ0) is 11.5. The summed E-state index contributed by atoms with van der Waals surface area (Å²) in [6, 6.07) is 8.03. The fourth-order valence-corrected chi connectivity index (χ4v) is 1.69. The van der Waals surface area contributed by atoms with E-state index in [4.69, 9.17) is 9.47 Å². The first-order chi connectivity index (χ1) is 7.65. The van der Waals surface area contributed by atoms with Crippen LogP contribution in [0.1, 0.15) is 13.3 Å². The van der Waals surface area contributed by atoms with Gasteiger partial charge in [0.05, 0.1) is 0 Å². The Morgan fingerprint density at radius 2 is 1.94 bits per heavy atom. The van der Waals surface area contributed by atoms with Crippen LogP contribution in [-0.4, -0.2) is 20.4 Å².